The van der Waals surface area contributed by atoms with Crippen molar-refractivity contribution in [1.29, 1.82) is 0 Å². The zero-order chi connectivity index (χ0) is 18.5. The molecule has 4 nitrogen and oxygen atoms in total. The number of rotatable bonds is 0. The zero-order valence-electron chi connectivity index (χ0n) is 15.8. The molecule has 0 saturated carbocycles. The Kier molecular flexibility index (Phi) is 20.7. The van der Waals surface area contributed by atoms with Gasteiger partial charge in [-0.1, -0.05) is 60.7 Å². The Bertz CT molecular complexity index is 391. The van der Waals surface area contributed by atoms with Crippen LogP contribution in [0.25, 0.3) is 0 Å². The Labute approximate surface area is 182 Å². The monoisotopic (exact) mass is 479 g/mol. The van der Waals surface area contributed by atoms with Gasteiger partial charge in [0.2, 0.25) is 0 Å². The Morgan fingerprint density at radius 3 is 1.19 bits per heavy atom. The van der Waals surface area contributed by atoms with E-state index in [2.05, 4.69) is 19.1 Å². The molecule has 0 aliphatic carbocycles. The quantitative estimate of drug-likeness (QED) is 0.545. The van der Waals surface area contributed by atoms with E-state index in [0.717, 1.165) is 0 Å². The Morgan fingerprint density at radius 1 is 0.593 bits per heavy atom. The largest absolute Gasteiger partial charge is 0.379 e. The van der Waals surface area contributed by atoms with E-state index in [0.29, 0.717) is 52.9 Å². The van der Waals surface area contributed by atoms with Crippen molar-refractivity contribution in [3.8, 4) is 0 Å². The second-order valence-corrected chi connectivity index (χ2v) is 5.40. The van der Waals surface area contributed by atoms with Crippen molar-refractivity contribution in [2.45, 2.75) is 0 Å². The fourth-order valence-corrected chi connectivity index (χ4v) is 1.79. The summed E-state index contributed by atoms with van der Waals surface area (Å²) in [5.41, 5.74) is 0. The van der Waals surface area contributed by atoms with Crippen LogP contribution in [0.3, 0.4) is 0 Å². The first-order chi connectivity index (χ1) is 12.9. The van der Waals surface area contributed by atoms with Crippen LogP contribution in [-0.4, -0.2) is 76.8 Å². The molecule has 1 aliphatic rings. The van der Waals surface area contributed by atoms with E-state index in [1.165, 1.54) is 0 Å². The molecule has 1 aliphatic heterocycles. The second kappa shape index (κ2) is 21.4. The number of ether oxygens (including phenoxy) is 4. The summed E-state index contributed by atoms with van der Waals surface area (Å²) < 4.78 is 21.2. The maximum absolute atomic E-state index is 5.35. The number of hydrogen-bond acceptors (Lipinski definition) is 4. The van der Waals surface area contributed by atoms with Gasteiger partial charge in [-0.25, -0.2) is 0 Å². The van der Waals surface area contributed by atoms with E-state index in [4.69, 9.17) is 18.9 Å². The summed E-state index contributed by atoms with van der Waals surface area (Å²) in [5.74, 6) is 0.191. The van der Waals surface area contributed by atoms with Gasteiger partial charge in [-0.15, -0.1) is 0 Å². The maximum Gasteiger partial charge on any atom is 0.0701 e. The summed E-state index contributed by atoms with van der Waals surface area (Å²) in [5, 5.41) is 0. The first kappa shape index (κ1) is 26.1. The molecule has 0 atom stereocenters. The van der Waals surface area contributed by atoms with Crippen LogP contribution in [0.1, 0.15) is 1.43 Å². The Hall–Kier alpha value is -0.921. The van der Waals surface area contributed by atoms with Crippen molar-refractivity contribution in [3.05, 3.63) is 79.7 Å². The summed E-state index contributed by atoms with van der Waals surface area (Å²) in [6.07, 6.45) is 0. The van der Waals surface area contributed by atoms with Crippen LogP contribution in [0.2, 0.25) is 0 Å². The first-order valence-corrected chi connectivity index (χ1v) is 8.86. The third kappa shape index (κ3) is 19.6. The third-order valence-corrected chi connectivity index (χ3v) is 3.04. The average molecular weight is 478 g/mol. The second-order valence-electron chi connectivity index (χ2n) is 5.40. The minimum absolute atomic E-state index is 0. The van der Waals surface area contributed by atoms with Crippen molar-refractivity contribution < 1.29 is 20.4 Å². The molecule has 0 bridgehead atoms. The Morgan fingerprint density at radius 2 is 0.926 bits per heavy atom. The first-order valence-electron chi connectivity index (χ1n) is 8.86. The van der Waals surface area contributed by atoms with Gasteiger partial charge in [0.25, 0.3) is 0 Å². The van der Waals surface area contributed by atoms with E-state index < -0.39 is 0 Å². The molecule has 5 heteroatoms. The third-order valence-electron chi connectivity index (χ3n) is 3.04. The van der Waals surface area contributed by atoms with Crippen LogP contribution in [-0.2, 0) is 18.9 Å². The van der Waals surface area contributed by atoms with Crippen LogP contribution in [0.5, 0.6) is 0 Å². The molecule has 0 amide bonds. The fraction of sp³-hybridized carbons (Fsp3) is 0.409. The minimum Gasteiger partial charge on any atom is -0.379 e. The molecule has 147 valence electrons. The Balaban J connectivity index is 0. The van der Waals surface area contributed by atoms with E-state index in [-0.39, 0.29) is 31.3 Å². The van der Waals surface area contributed by atoms with E-state index >= 15 is 0 Å². The number of hydrogen-bond donors (Lipinski definition) is 0. The van der Waals surface area contributed by atoms with Crippen molar-refractivity contribution in [2.75, 3.05) is 52.9 Å². The topological polar surface area (TPSA) is 36.9 Å². The minimum atomic E-state index is 0. The van der Waals surface area contributed by atoms with Gasteiger partial charge in [-0.3, -0.25) is 0 Å². The van der Waals surface area contributed by atoms with E-state index in [1.54, 1.807) is 0 Å². The number of benzene rings is 2. The molecular formula is C22H31O4Sn. The summed E-state index contributed by atoms with van der Waals surface area (Å²) in [7, 11) is 0. The van der Waals surface area contributed by atoms with Gasteiger partial charge in [-0.05, 0) is 19.1 Å². The molecule has 1 saturated heterocycles. The van der Waals surface area contributed by atoms with Crippen molar-refractivity contribution >= 4 is 23.9 Å². The predicted molar refractivity (Wildman–Crippen MR) is 111 cm³/mol. The SMILES string of the molecule is [CH2]C1COCCOCCOCCOC1.[HH].[Sn].[c]1ccccc1.[c]1ccccc1. The fourth-order valence-electron chi connectivity index (χ4n) is 1.79. The molecule has 1 heterocycles. The van der Waals surface area contributed by atoms with Crippen LogP contribution in [0.15, 0.2) is 60.7 Å². The van der Waals surface area contributed by atoms with E-state index in [1.807, 2.05) is 60.7 Å². The van der Waals surface area contributed by atoms with Crippen molar-refractivity contribution in [1.82, 2.24) is 0 Å². The van der Waals surface area contributed by atoms with Gasteiger partial charge < -0.3 is 18.9 Å². The molecule has 27 heavy (non-hydrogen) atoms. The zero-order valence-corrected chi connectivity index (χ0v) is 18.7. The van der Waals surface area contributed by atoms with Crippen molar-refractivity contribution in [3.63, 3.8) is 0 Å². The molecular weight excluding hydrogens is 447 g/mol. The molecule has 2 aromatic carbocycles. The predicted octanol–water partition coefficient (Wildman–Crippen LogP) is 3.36. The summed E-state index contributed by atoms with van der Waals surface area (Å²) in [6, 6.07) is 25.0. The molecule has 0 N–H and O–H groups in total. The molecule has 1 fully saturated rings. The van der Waals surface area contributed by atoms with Gasteiger partial charge in [0.05, 0.1) is 52.9 Å². The van der Waals surface area contributed by atoms with Crippen LogP contribution in [0.4, 0.5) is 0 Å². The van der Waals surface area contributed by atoms with Gasteiger partial charge in [0.1, 0.15) is 0 Å². The van der Waals surface area contributed by atoms with Gasteiger partial charge in [-0.2, -0.15) is 0 Å². The van der Waals surface area contributed by atoms with Gasteiger partial charge in [0.15, 0.2) is 0 Å². The van der Waals surface area contributed by atoms with Gasteiger partial charge >= 0.3 is 0 Å². The molecule has 7 radical (unpaired) electrons. The van der Waals surface area contributed by atoms with Crippen LogP contribution >= 0.6 is 0 Å². The molecule has 0 spiro atoms. The summed E-state index contributed by atoms with van der Waals surface area (Å²) in [6.45, 7) is 8.90. The van der Waals surface area contributed by atoms with Gasteiger partial charge in [0, 0.05) is 31.3 Å². The average Bonchev–Trinajstić information content (AvgIpc) is 2.74. The maximum atomic E-state index is 5.35. The smallest absolute Gasteiger partial charge is 0.0701 e. The van der Waals surface area contributed by atoms with Crippen LogP contribution < -0.4 is 0 Å². The standard InChI is InChI=1S/C10H19O4.2C6H5.Sn.H2/c1-10-8-13-6-4-11-2-3-12-5-7-14-9-10;2*1-2-4-6-5-3-1;;/h10H,1-9H2;2*1-5H;;1H. The molecule has 3 rings (SSSR count). The molecule has 0 unspecified atom stereocenters. The summed E-state index contributed by atoms with van der Waals surface area (Å²) in [4.78, 5) is 0. The van der Waals surface area contributed by atoms with Crippen molar-refractivity contribution in [2.24, 2.45) is 5.92 Å². The summed E-state index contributed by atoms with van der Waals surface area (Å²) >= 11 is 0. The van der Waals surface area contributed by atoms with E-state index in [9.17, 15) is 0 Å². The normalized spacial score (nSPS) is 16.3. The van der Waals surface area contributed by atoms with Crippen LogP contribution in [0, 0.1) is 25.0 Å². The molecule has 0 aromatic heterocycles. The molecule has 2 aromatic rings.